The van der Waals surface area contributed by atoms with E-state index in [0.29, 0.717) is 23.1 Å². The van der Waals surface area contributed by atoms with Gasteiger partial charge in [-0.05, 0) is 37.3 Å². The first-order valence-corrected chi connectivity index (χ1v) is 10.4. The molecule has 0 radical (unpaired) electrons. The van der Waals surface area contributed by atoms with Crippen LogP contribution in [-0.4, -0.2) is 51.5 Å². The summed E-state index contributed by atoms with van der Waals surface area (Å²) in [7, 11) is 1.61. The Bertz CT molecular complexity index is 1060. The summed E-state index contributed by atoms with van der Waals surface area (Å²) < 4.78 is 12.6. The lowest BCUT2D eigenvalue weighted by atomic mass is 10.0. The fraction of sp³-hybridized carbons (Fsp3) is 0.364. The number of carbonyl (C=O) groups excluding carboxylic acids is 1. The molecule has 3 heterocycles. The van der Waals surface area contributed by atoms with Crippen molar-refractivity contribution in [1.82, 2.24) is 19.5 Å². The van der Waals surface area contributed by atoms with E-state index in [9.17, 15) is 4.79 Å². The number of cyclic esters (lactones) is 1. The van der Waals surface area contributed by atoms with E-state index >= 15 is 0 Å². The predicted octanol–water partition coefficient (Wildman–Crippen LogP) is 4.02. The molecular formula is C22H24ClN5O3. The van der Waals surface area contributed by atoms with E-state index in [1.807, 2.05) is 42.0 Å². The van der Waals surface area contributed by atoms with Crippen molar-refractivity contribution < 1.29 is 14.3 Å². The van der Waals surface area contributed by atoms with Crippen LogP contribution < -0.4 is 4.90 Å². The maximum Gasteiger partial charge on any atom is 0.416 e. The molecule has 1 aromatic carbocycles. The van der Waals surface area contributed by atoms with Crippen LogP contribution in [0.5, 0.6) is 0 Å². The van der Waals surface area contributed by atoms with Gasteiger partial charge in [-0.2, -0.15) is 0 Å². The first-order chi connectivity index (χ1) is 15.0. The van der Waals surface area contributed by atoms with Crippen molar-refractivity contribution in [2.45, 2.75) is 38.3 Å². The molecule has 0 bridgehead atoms. The number of amides is 1. The number of ether oxygens (including phenoxy) is 2. The predicted molar refractivity (Wildman–Crippen MR) is 117 cm³/mol. The smallest absolute Gasteiger partial charge is 0.416 e. The molecule has 0 spiro atoms. The Balaban J connectivity index is 1.50. The largest absolute Gasteiger partial charge is 0.447 e. The van der Waals surface area contributed by atoms with Crippen LogP contribution >= 0.6 is 11.6 Å². The van der Waals surface area contributed by atoms with Crippen molar-refractivity contribution in [3.8, 4) is 5.69 Å². The van der Waals surface area contributed by atoms with Crippen molar-refractivity contribution in [2.75, 3.05) is 18.6 Å². The Hall–Kier alpha value is -2.97. The monoisotopic (exact) mass is 441 g/mol. The summed E-state index contributed by atoms with van der Waals surface area (Å²) in [6.07, 6.45) is 5.42. The average molecular weight is 442 g/mol. The summed E-state index contributed by atoms with van der Waals surface area (Å²) >= 11 is 5.97. The molecule has 0 unspecified atom stereocenters. The Kier molecular flexibility index (Phi) is 6.20. The van der Waals surface area contributed by atoms with Crippen LogP contribution in [0, 0.1) is 0 Å². The molecule has 9 heteroatoms. The molecule has 31 heavy (non-hydrogen) atoms. The molecule has 0 N–H and O–H groups in total. The average Bonchev–Trinajstić information content (AvgIpc) is 3.41. The number of aromatic nitrogens is 4. The third-order valence-corrected chi connectivity index (χ3v) is 5.73. The first-order valence-electron chi connectivity index (χ1n) is 10.1. The van der Waals surface area contributed by atoms with E-state index in [1.54, 1.807) is 30.6 Å². The standard InChI is InChI=1S/C22H24ClN5O3/c1-14(18-11-27(13-25-18)17-6-4-16(23)5-7-17)10-20-24-9-8-21(26-20)28-19(15(2)30-3)12-31-22(28)29/h4-9,11,13-15,19H,10,12H2,1-3H3/t14-,15-,19-/m1/s1. The molecule has 1 saturated heterocycles. The zero-order chi connectivity index (χ0) is 22.0. The number of benzene rings is 1. The van der Waals surface area contributed by atoms with Crippen molar-refractivity contribution >= 4 is 23.5 Å². The number of methoxy groups -OCH3 is 1. The van der Waals surface area contributed by atoms with Gasteiger partial charge in [0, 0.05) is 42.6 Å². The summed E-state index contributed by atoms with van der Waals surface area (Å²) in [6.45, 7) is 4.25. The molecule has 8 nitrogen and oxygen atoms in total. The number of hydrogen-bond donors (Lipinski definition) is 0. The van der Waals surface area contributed by atoms with Gasteiger partial charge < -0.3 is 14.0 Å². The van der Waals surface area contributed by atoms with Crippen molar-refractivity contribution in [3.63, 3.8) is 0 Å². The lowest BCUT2D eigenvalue weighted by Gasteiger charge is -2.24. The van der Waals surface area contributed by atoms with Crippen molar-refractivity contribution in [3.05, 3.63) is 65.6 Å². The van der Waals surface area contributed by atoms with E-state index < -0.39 is 6.09 Å². The highest BCUT2D eigenvalue weighted by atomic mass is 35.5. The maximum absolute atomic E-state index is 12.3. The Labute approximate surface area is 185 Å². The van der Waals surface area contributed by atoms with Crippen molar-refractivity contribution in [1.29, 1.82) is 0 Å². The van der Waals surface area contributed by atoms with Gasteiger partial charge in [-0.25, -0.2) is 19.7 Å². The lowest BCUT2D eigenvalue weighted by Crippen LogP contribution is -2.42. The van der Waals surface area contributed by atoms with Crippen LogP contribution in [0.15, 0.2) is 49.1 Å². The van der Waals surface area contributed by atoms with Crippen LogP contribution in [0.2, 0.25) is 5.02 Å². The molecule has 1 fully saturated rings. The normalized spacial score (nSPS) is 18.1. The SMILES string of the molecule is CO[C@H](C)[C@H]1COC(=O)N1c1ccnc(C[C@@H](C)c2cn(-c3ccc(Cl)cc3)cn2)n1. The van der Waals surface area contributed by atoms with Crippen LogP contribution in [0.4, 0.5) is 10.6 Å². The minimum absolute atomic E-state index is 0.0861. The first kappa shape index (κ1) is 21.3. The summed E-state index contributed by atoms with van der Waals surface area (Å²) in [6, 6.07) is 9.06. The molecule has 3 aromatic rings. The number of imidazole rings is 1. The molecule has 162 valence electrons. The highest BCUT2D eigenvalue weighted by Crippen LogP contribution is 2.25. The number of nitrogens with zero attached hydrogens (tertiary/aromatic N) is 5. The molecule has 4 rings (SSSR count). The van der Waals surface area contributed by atoms with Gasteiger partial charge in [-0.3, -0.25) is 4.90 Å². The van der Waals surface area contributed by atoms with Gasteiger partial charge in [0.25, 0.3) is 0 Å². The number of rotatable bonds is 7. The second-order valence-corrected chi connectivity index (χ2v) is 8.01. The highest BCUT2D eigenvalue weighted by molar-refractivity contribution is 6.30. The van der Waals surface area contributed by atoms with Gasteiger partial charge in [0.2, 0.25) is 0 Å². The van der Waals surface area contributed by atoms with Gasteiger partial charge >= 0.3 is 6.09 Å². The number of halogens is 1. The Morgan fingerprint density at radius 3 is 2.74 bits per heavy atom. The van der Waals surface area contributed by atoms with Gasteiger partial charge in [0.15, 0.2) is 0 Å². The zero-order valence-electron chi connectivity index (χ0n) is 17.6. The van der Waals surface area contributed by atoms with Gasteiger partial charge in [0.1, 0.15) is 24.3 Å². The summed E-state index contributed by atoms with van der Waals surface area (Å²) in [4.78, 5) is 27.4. The minimum atomic E-state index is -0.423. The highest BCUT2D eigenvalue weighted by Gasteiger charge is 2.39. The topological polar surface area (TPSA) is 82.4 Å². The third kappa shape index (κ3) is 4.55. The third-order valence-electron chi connectivity index (χ3n) is 5.48. The molecule has 3 atom stereocenters. The molecule has 2 aromatic heterocycles. The van der Waals surface area contributed by atoms with Crippen LogP contribution in [0.1, 0.15) is 31.3 Å². The molecule has 1 aliphatic heterocycles. The molecule has 1 amide bonds. The van der Waals surface area contributed by atoms with Crippen LogP contribution in [-0.2, 0) is 15.9 Å². The van der Waals surface area contributed by atoms with E-state index in [1.165, 1.54) is 0 Å². The summed E-state index contributed by atoms with van der Waals surface area (Å²) in [5, 5.41) is 0.693. The van der Waals surface area contributed by atoms with Crippen LogP contribution in [0.25, 0.3) is 5.69 Å². The Morgan fingerprint density at radius 1 is 1.23 bits per heavy atom. The van der Waals surface area contributed by atoms with Gasteiger partial charge in [0.05, 0.1) is 18.1 Å². The van der Waals surface area contributed by atoms with E-state index in [2.05, 4.69) is 21.9 Å². The molecule has 1 aliphatic rings. The second-order valence-electron chi connectivity index (χ2n) is 7.57. The van der Waals surface area contributed by atoms with Gasteiger partial charge in [-0.1, -0.05) is 18.5 Å². The molecule has 0 aliphatic carbocycles. The van der Waals surface area contributed by atoms with Crippen LogP contribution in [0.3, 0.4) is 0 Å². The molecular weight excluding hydrogens is 418 g/mol. The summed E-state index contributed by atoms with van der Waals surface area (Å²) in [5.41, 5.74) is 1.91. The van der Waals surface area contributed by atoms with E-state index in [4.69, 9.17) is 21.1 Å². The number of hydrogen-bond acceptors (Lipinski definition) is 6. The van der Waals surface area contributed by atoms with Crippen molar-refractivity contribution in [2.24, 2.45) is 0 Å². The number of anilines is 1. The molecule has 0 saturated carbocycles. The summed E-state index contributed by atoms with van der Waals surface area (Å²) in [5.74, 6) is 1.23. The zero-order valence-corrected chi connectivity index (χ0v) is 18.4. The van der Waals surface area contributed by atoms with E-state index in [-0.39, 0.29) is 24.7 Å². The number of carbonyl (C=O) groups is 1. The lowest BCUT2D eigenvalue weighted by molar-refractivity contribution is 0.0881. The maximum atomic E-state index is 12.3. The second kappa shape index (κ2) is 9.03. The fourth-order valence-electron chi connectivity index (χ4n) is 3.55. The Morgan fingerprint density at radius 2 is 2.00 bits per heavy atom. The fourth-order valence-corrected chi connectivity index (χ4v) is 3.67. The van der Waals surface area contributed by atoms with Gasteiger partial charge in [-0.15, -0.1) is 0 Å². The minimum Gasteiger partial charge on any atom is -0.447 e. The van der Waals surface area contributed by atoms with E-state index in [0.717, 1.165) is 11.4 Å². The quantitative estimate of drug-likeness (QED) is 0.550.